The van der Waals surface area contributed by atoms with Crippen LogP contribution in [0.25, 0.3) is 0 Å². The van der Waals surface area contributed by atoms with E-state index in [4.69, 9.17) is 10.4 Å². The van der Waals surface area contributed by atoms with E-state index >= 15 is 0 Å². The van der Waals surface area contributed by atoms with Crippen molar-refractivity contribution in [1.29, 1.82) is 5.26 Å². The molecule has 0 aliphatic carbocycles. The zero-order valence-corrected chi connectivity index (χ0v) is 9.84. The van der Waals surface area contributed by atoms with E-state index in [2.05, 4.69) is 15.9 Å². The lowest BCUT2D eigenvalue weighted by Crippen LogP contribution is -2.04. The van der Waals surface area contributed by atoms with Gasteiger partial charge in [0, 0.05) is 4.47 Å². The van der Waals surface area contributed by atoms with Gasteiger partial charge in [0.25, 0.3) is 0 Å². The SMILES string of the molecule is CCc1c(Br)cc(C#N)cc1CC(=O)O. The molecule has 0 aliphatic heterocycles. The average molecular weight is 268 g/mol. The standard InChI is InChI=1S/C11H10BrNO2/c1-2-9-8(5-11(14)15)3-7(6-13)4-10(9)12/h3-4H,2,5H2,1H3,(H,14,15). The first kappa shape index (κ1) is 11.7. The predicted octanol–water partition coefficient (Wildman–Crippen LogP) is 2.51. The Balaban J connectivity index is 3.27. The molecule has 1 rings (SSSR count). The second kappa shape index (κ2) is 4.94. The van der Waals surface area contributed by atoms with Gasteiger partial charge >= 0.3 is 5.97 Å². The third kappa shape index (κ3) is 2.80. The minimum atomic E-state index is -0.883. The summed E-state index contributed by atoms with van der Waals surface area (Å²) in [6.07, 6.45) is 0.701. The van der Waals surface area contributed by atoms with Crippen molar-refractivity contribution >= 4 is 21.9 Å². The molecule has 0 unspecified atom stereocenters. The topological polar surface area (TPSA) is 61.1 Å². The fourth-order valence-electron chi connectivity index (χ4n) is 1.47. The summed E-state index contributed by atoms with van der Waals surface area (Å²) in [6, 6.07) is 5.36. The number of carbonyl (C=O) groups is 1. The Morgan fingerprint density at radius 1 is 1.60 bits per heavy atom. The van der Waals surface area contributed by atoms with Crippen LogP contribution in [0.4, 0.5) is 0 Å². The molecule has 0 fully saturated rings. The third-order valence-electron chi connectivity index (χ3n) is 2.11. The molecule has 0 aliphatic rings. The van der Waals surface area contributed by atoms with Crippen molar-refractivity contribution in [3.05, 3.63) is 33.3 Å². The zero-order chi connectivity index (χ0) is 11.4. The van der Waals surface area contributed by atoms with Crippen LogP contribution in [0.3, 0.4) is 0 Å². The molecule has 0 saturated carbocycles. The van der Waals surface area contributed by atoms with E-state index < -0.39 is 5.97 Å². The predicted molar refractivity (Wildman–Crippen MR) is 59.6 cm³/mol. The van der Waals surface area contributed by atoms with Crippen LogP contribution in [0.1, 0.15) is 23.6 Å². The highest BCUT2D eigenvalue weighted by molar-refractivity contribution is 9.10. The van der Waals surface area contributed by atoms with Crippen LogP contribution >= 0.6 is 15.9 Å². The highest BCUT2D eigenvalue weighted by Crippen LogP contribution is 2.24. The number of carboxylic acids is 1. The monoisotopic (exact) mass is 267 g/mol. The second-order valence-corrected chi connectivity index (χ2v) is 3.99. The average Bonchev–Trinajstić information content (AvgIpc) is 2.16. The molecular weight excluding hydrogens is 258 g/mol. The van der Waals surface area contributed by atoms with Gasteiger partial charge in [0.2, 0.25) is 0 Å². The Morgan fingerprint density at radius 2 is 2.27 bits per heavy atom. The molecule has 0 atom stereocenters. The summed E-state index contributed by atoms with van der Waals surface area (Å²) >= 11 is 3.34. The summed E-state index contributed by atoms with van der Waals surface area (Å²) in [7, 11) is 0. The maximum atomic E-state index is 10.6. The zero-order valence-electron chi connectivity index (χ0n) is 8.25. The van der Waals surface area contributed by atoms with Crippen molar-refractivity contribution in [2.45, 2.75) is 19.8 Å². The Kier molecular flexibility index (Phi) is 3.87. The molecule has 0 aromatic heterocycles. The molecule has 1 aromatic rings. The first-order chi connectivity index (χ1) is 7.08. The lowest BCUT2D eigenvalue weighted by Gasteiger charge is -2.08. The quantitative estimate of drug-likeness (QED) is 0.916. The number of carboxylic acid groups (broad SMARTS) is 1. The number of nitriles is 1. The van der Waals surface area contributed by atoms with Crippen molar-refractivity contribution in [2.75, 3.05) is 0 Å². The first-order valence-corrected chi connectivity index (χ1v) is 5.31. The molecule has 4 heteroatoms. The molecule has 0 amide bonds. The molecule has 1 aromatic carbocycles. The normalized spacial score (nSPS) is 9.67. The largest absolute Gasteiger partial charge is 0.481 e. The summed E-state index contributed by atoms with van der Waals surface area (Å²) in [6.45, 7) is 1.96. The minimum Gasteiger partial charge on any atom is -0.481 e. The first-order valence-electron chi connectivity index (χ1n) is 4.51. The van der Waals surface area contributed by atoms with Gasteiger partial charge in [-0.05, 0) is 29.7 Å². The Bertz CT molecular complexity index is 435. The number of nitrogens with zero attached hydrogens (tertiary/aromatic N) is 1. The van der Waals surface area contributed by atoms with E-state index in [1.165, 1.54) is 0 Å². The second-order valence-electron chi connectivity index (χ2n) is 3.13. The fraction of sp³-hybridized carbons (Fsp3) is 0.273. The van der Waals surface area contributed by atoms with Crippen LogP contribution in [0.5, 0.6) is 0 Å². The van der Waals surface area contributed by atoms with Gasteiger partial charge in [-0.15, -0.1) is 0 Å². The maximum Gasteiger partial charge on any atom is 0.307 e. The van der Waals surface area contributed by atoms with Crippen molar-refractivity contribution in [1.82, 2.24) is 0 Å². The summed E-state index contributed by atoms with van der Waals surface area (Å²) in [5, 5.41) is 17.5. The summed E-state index contributed by atoms with van der Waals surface area (Å²) in [5.74, 6) is -0.883. The lowest BCUT2D eigenvalue weighted by atomic mass is 10.00. The summed E-state index contributed by atoms with van der Waals surface area (Å²) in [4.78, 5) is 10.6. The fourth-order valence-corrected chi connectivity index (χ4v) is 2.26. The van der Waals surface area contributed by atoms with E-state index in [9.17, 15) is 4.79 Å². The third-order valence-corrected chi connectivity index (χ3v) is 2.82. The van der Waals surface area contributed by atoms with Gasteiger partial charge < -0.3 is 5.11 Å². The van der Waals surface area contributed by atoms with E-state index in [0.29, 0.717) is 11.1 Å². The molecule has 0 saturated heterocycles. The number of aliphatic carboxylic acids is 1. The van der Waals surface area contributed by atoms with Crippen LogP contribution in [0, 0.1) is 11.3 Å². The van der Waals surface area contributed by atoms with Gasteiger partial charge in [-0.3, -0.25) is 4.79 Å². The van der Waals surface area contributed by atoms with Crippen LogP contribution in [0.15, 0.2) is 16.6 Å². The molecule has 15 heavy (non-hydrogen) atoms. The van der Waals surface area contributed by atoms with Gasteiger partial charge in [0.05, 0.1) is 18.1 Å². The van der Waals surface area contributed by atoms with Gasteiger partial charge in [-0.1, -0.05) is 22.9 Å². The van der Waals surface area contributed by atoms with Gasteiger partial charge in [-0.25, -0.2) is 0 Å². The highest BCUT2D eigenvalue weighted by Gasteiger charge is 2.10. The number of benzene rings is 1. The minimum absolute atomic E-state index is 0.0444. The van der Waals surface area contributed by atoms with Crippen molar-refractivity contribution in [3.63, 3.8) is 0 Å². The molecule has 78 valence electrons. The molecule has 1 N–H and O–H groups in total. The number of halogens is 1. The highest BCUT2D eigenvalue weighted by atomic mass is 79.9. The maximum absolute atomic E-state index is 10.6. The Morgan fingerprint density at radius 3 is 2.73 bits per heavy atom. The van der Waals surface area contributed by atoms with E-state index in [1.54, 1.807) is 12.1 Å². The number of hydrogen-bond donors (Lipinski definition) is 1. The van der Waals surface area contributed by atoms with E-state index in [0.717, 1.165) is 16.5 Å². The van der Waals surface area contributed by atoms with Gasteiger partial charge in [0.1, 0.15) is 0 Å². The Hall–Kier alpha value is -1.34. The van der Waals surface area contributed by atoms with Crippen molar-refractivity contribution in [3.8, 4) is 6.07 Å². The van der Waals surface area contributed by atoms with Crippen LogP contribution < -0.4 is 0 Å². The lowest BCUT2D eigenvalue weighted by molar-refractivity contribution is -0.136. The van der Waals surface area contributed by atoms with Gasteiger partial charge in [0.15, 0.2) is 0 Å². The van der Waals surface area contributed by atoms with Crippen molar-refractivity contribution < 1.29 is 9.90 Å². The van der Waals surface area contributed by atoms with Gasteiger partial charge in [-0.2, -0.15) is 5.26 Å². The van der Waals surface area contributed by atoms with Crippen LogP contribution in [-0.4, -0.2) is 11.1 Å². The Labute approximate surface area is 96.5 Å². The molecular formula is C11H10BrNO2. The summed E-state index contributed by atoms with van der Waals surface area (Å²) < 4.78 is 0.806. The van der Waals surface area contributed by atoms with Crippen LogP contribution in [-0.2, 0) is 17.6 Å². The molecule has 0 radical (unpaired) electrons. The molecule has 0 bridgehead atoms. The van der Waals surface area contributed by atoms with Crippen molar-refractivity contribution in [2.24, 2.45) is 0 Å². The number of rotatable bonds is 3. The smallest absolute Gasteiger partial charge is 0.307 e. The van der Waals surface area contributed by atoms with Crippen LogP contribution in [0.2, 0.25) is 0 Å². The van der Waals surface area contributed by atoms with E-state index in [1.807, 2.05) is 13.0 Å². The van der Waals surface area contributed by atoms with E-state index in [-0.39, 0.29) is 6.42 Å². The molecule has 3 nitrogen and oxygen atoms in total. The number of hydrogen-bond acceptors (Lipinski definition) is 2. The summed E-state index contributed by atoms with van der Waals surface area (Å²) in [5.41, 5.74) is 2.14. The molecule has 0 heterocycles. The molecule has 0 spiro atoms.